The zero-order valence-corrected chi connectivity index (χ0v) is 13.3. The third-order valence-corrected chi connectivity index (χ3v) is 3.51. The molecule has 2 aromatic rings. The van der Waals surface area contributed by atoms with Gasteiger partial charge in [-0.15, -0.1) is 0 Å². The van der Waals surface area contributed by atoms with E-state index in [1.165, 1.54) is 55.6 Å². The van der Waals surface area contributed by atoms with Gasteiger partial charge in [0.15, 0.2) is 0 Å². The summed E-state index contributed by atoms with van der Waals surface area (Å²) in [6, 6.07) is 10.3. The van der Waals surface area contributed by atoms with Crippen LogP contribution in [0, 0.1) is 10.1 Å². The van der Waals surface area contributed by atoms with E-state index in [4.69, 9.17) is 4.74 Å². The molecule has 0 aliphatic rings. The number of nitrogens with zero attached hydrogens (tertiary/aromatic N) is 1. The molecule has 0 saturated carbocycles. The summed E-state index contributed by atoms with van der Waals surface area (Å²) in [5, 5.41) is 22.5. The molecule has 1 atom stereocenters. The molecule has 8 heteroatoms. The third-order valence-electron chi connectivity index (χ3n) is 3.51. The maximum Gasteiger partial charge on any atom is 0.328 e. The van der Waals surface area contributed by atoms with E-state index in [1.54, 1.807) is 0 Å². The maximum atomic E-state index is 12.2. The first kappa shape index (κ1) is 17.9. The lowest BCUT2D eigenvalue weighted by molar-refractivity contribution is -0.384. The molecule has 0 radical (unpaired) electrons. The van der Waals surface area contributed by atoms with Gasteiger partial charge in [-0.25, -0.2) is 4.79 Å². The molecule has 0 fully saturated rings. The fourth-order valence-electron chi connectivity index (χ4n) is 2.18. The number of nitro benzene ring substituents is 1. The average Bonchev–Trinajstić information content (AvgIpc) is 2.61. The molecule has 0 saturated heterocycles. The molecule has 2 N–H and O–H groups in total. The van der Waals surface area contributed by atoms with Gasteiger partial charge in [-0.05, 0) is 29.8 Å². The van der Waals surface area contributed by atoms with E-state index < -0.39 is 22.8 Å². The van der Waals surface area contributed by atoms with Crippen LogP contribution in [0.5, 0.6) is 5.75 Å². The highest BCUT2D eigenvalue weighted by Gasteiger charge is 2.23. The summed E-state index contributed by atoms with van der Waals surface area (Å²) in [5.41, 5.74) is 0.842. The Morgan fingerprint density at radius 3 is 2.28 bits per heavy atom. The average molecular weight is 344 g/mol. The standard InChI is InChI=1S/C17H16N2O6/c1-25-17(22)15(10-11-2-6-13(7-3-11)19(23)24)18-16(21)12-4-8-14(20)9-5-12/h2-9,15,20H,10H2,1H3,(H,18,21)/t15-/m0/s1. The minimum Gasteiger partial charge on any atom is -0.508 e. The highest BCUT2D eigenvalue weighted by atomic mass is 16.6. The van der Waals surface area contributed by atoms with Crippen molar-refractivity contribution in [1.82, 2.24) is 5.32 Å². The largest absolute Gasteiger partial charge is 0.508 e. The highest BCUT2D eigenvalue weighted by Crippen LogP contribution is 2.14. The van der Waals surface area contributed by atoms with Gasteiger partial charge >= 0.3 is 5.97 Å². The number of hydrogen-bond donors (Lipinski definition) is 2. The van der Waals surface area contributed by atoms with Crippen molar-refractivity contribution in [2.75, 3.05) is 7.11 Å². The fourth-order valence-corrected chi connectivity index (χ4v) is 2.18. The lowest BCUT2D eigenvalue weighted by Crippen LogP contribution is -2.43. The van der Waals surface area contributed by atoms with Crippen molar-refractivity contribution in [3.63, 3.8) is 0 Å². The van der Waals surface area contributed by atoms with Crippen LogP contribution in [0.4, 0.5) is 5.69 Å². The van der Waals surface area contributed by atoms with E-state index in [2.05, 4.69) is 5.32 Å². The third kappa shape index (κ3) is 4.77. The minimum absolute atomic E-state index is 0.0203. The second kappa shape index (κ2) is 7.91. The quantitative estimate of drug-likeness (QED) is 0.469. The summed E-state index contributed by atoms with van der Waals surface area (Å²) in [7, 11) is 1.21. The summed E-state index contributed by atoms with van der Waals surface area (Å²) < 4.78 is 4.70. The molecular formula is C17H16N2O6. The number of ether oxygens (including phenoxy) is 1. The number of methoxy groups -OCH3 is 1. The van der Waals surface area contributed by atoms with Crippen molar-refractivity contribution < 1.29 is 24.4 Å². The van der Waals surface area contributed by atoms with Crippen molar-refractivity contribution in [3.05, 3.63) is 69.8 Å². The van der Waals surface area contributed by atoms with Crippen molar-refractivity contribution in [2.45, 2.75) is 12.5 Å². The Hall–Kier alpha value is -3.42. The molecule has 0 aliphatic heterocycles. The number of benzene rings is 2. The molecule has 0 spiro atoms. The van der Waals surface area contributed by atoms with Crippen molar-refractivity contribution in [1.29, 1.82) is 0 Å². The Morgan fingerprint density at radius 2 is 1.76 bits per heavy atom. The lowest BCUT2D eigenvalue weighted by atomic mass is 10.0. The van der Waals surface area contributed by atoms with Gasteiger partial charge in [0.05, 0.1) is 12.0 Å². The highest BCUT2D eigenvalue weighted by molar-refractivity contribution is 5.96. The summed E-state index contributed by atoms with van der Waals surface area (Å²) in [4.78, 5) is 34.3. The van der Waals surface area contributed by atoms with Crippen molar-refractivity contribution in [3.8, 4) is 5.75 Å². The number of hydrogen-bond acceptors (Lipinski definition) is 6. The molecule has 1 amide bonds. The molecule has 0 bridgehead atoms. The van der Waals surface area contributed by atoms with Crippen LogP contribution in [0.25, 0.3) is 0 Å². The van der Waals surface area contributed by atoms with E-state index in [9.17, 15) is 24.8 Å². The van der Waals surface area contributed by atoms with Gasteiger partial charge in [0.1, 0.15) is 11.8 Å². The van der Waals surface area contributed by atoms with Gasteiger partial charge in [0.2, 0.25) is 0 Å². The van der Waals surface area contributed by atoms with Crippen molar-refractivity contribution >= 4 is 17.6 Å². The number of rotatable bonds is 6. The lowest BCUT2D eigenvalue weighted by Gasteiger charge is -2.16. The Bertz CT molecular complexity index is 771. The first-order valence-electron chi connectivity index (χ1n) is 7.31. The number of nitro groups is 1. The van der Waals surface area contributed by atoms with E-state index in [0.717, 1.165) is 0 Å². The fraction of sp³-hybridized carbons (Fsp3) is 0.176. The van der Waals surface area contributed by atoms with E-state index in [1.807, 2.05) is 0 Å². The van der Waals surface area contributed by atoms with Crippen LogP contribution >= 0.6 is 0 Å². The normalized spacial score (nSPS) is 11.4. The second-order valence-electron chi connectivity index (χ2n) is 5.22. The molecule has 0 heterocycles. The minimum atomic E-state index is -0.951. The summed E-state index contributed by atoms with van der Waals surface area (Å²) in [6.07, 6.45) is 0.120. The second-order valence-corrected chi connectivity index (χ2v) is 5.22. The van der Waals surface area contributed by atoms with Gasteiger partial charge in [-0.1, -0.05) is 12.1 Å². The summed E-state index contributed by atoms with van der Waals surface area (Å²) in [5.74, 6) is -1.12. The summed E-state index contributed by atoms with van der Waals surface area (Å²) >= 11 is 0. The number of phenolic OH excluding ortho intramolecular Hbond substituents is 1. The van der Waals surface area contributed by atoms with Crippen LogP contribution in [-0.2, 0) is 16.0 Å². The molecule has 25 heavy (non-hydrogen) atoms. The van der Waals surface area contributed by atoms with E-state index in [-0.39, 0.29) is 23.4 Å². The number of nitrogens with one attached hydrogen (secondary N) is 1. The molecule has 130 valence electrons. The SMILES string of the molecule is COC(=O)[C@H](Cc1ccc([N+](=O)[O-])cc1)NC(=O)c1ccc(O)cc1. The molecule has 0 aromatic heterocycles. The van der Waals surface area contributed by atoms with Crippen LogP contribution in [0.2, 0.25) is 0 Å². The molecule has 2 rings (SSSR count). The predicted molar refractivity (Wildman–Crippen MR) is 88.2 cm³/mol. The smallest absolute Gasteiger partial charge is 0.328 e. The maximum absolute atomic E-state index is 12.2. The number of aromatic hydroxyl groups is 1. The monoisotopic (exact) mass is 344 g/mol. The Kier molecular flexibility index (Phi) is 5.67. The Morgan fingerprint density at radius 1 is 1.16 bits per heavy atom. The van der Waals surface area contributed by atoms with Crippen molar-refractivity contribution in [2.24, 2.45) is 0 Å². The van der Waals surface area contributed by atoms with Gasteiger partial charge in [-0.3, -0.25) is 14.9 Å². The number of non-ortho nitro benzene ring substituents is 1. The topological polar surface area (TPSA) is 119 Å². The van der Waals surface area contributed by atoms with Gasteiger partial charge < -0.3 is 15.2 Å². The van der Waals surface area contributed by atoms with Gasteiger partial charge in [0.25, 0.3) is 11.6 Å². The number of esters is 1. The van der Waals surface area contributed by atoms with E-state index in [0.29, 0.717) is 5.56 Å². The molecular weight excluding hydrogens is 328 g/mol. The summed E-state index contributed by atoms with van der Waals surface area (Å²) in [6.45, 7) is 0. The molecule has 2 aromatic carbocycles. The van der Waals surface area contributed by atoms with Crippen LogP contribution < -0.4 is 5.32 Å². The number of carbonyl (C=O) groups excluding carboxylic acids is 2. The zero-order valence-electron chi connectivity index (χ0n) is 13.3. The van der Waals surface area contributed by atoms with Crippen LogP contribution in [0.15, 0.2) is 48.5 Å². The molecule has 8 nitrogen and oxygen atoms in total. The number of phenols is 1. The molecule has 0 unspecified atom stereocenters. The predicted octanol–water partition coefficient (Wildman–Crippen LogP) is 1.81. The van der Waals surface area contributed by atoms with Gasteiger partial charge in [0, 0.05) is 24.1 Å². The Labute approximate surface area is 143 Å². The number of carbonyl (C=O) groups is 2. The Balaban J connectivity index is 2.13. The first-order valence-corrected chi connectivity index (χ1v) is 7.31. The zero-order chi connectivity index (χ0) is 18.4. The van der Waals surface area contributed by atoms with Crippen LogP contribution in [0.1, 0.15) is 15.9 Å². The van der Waals surface area contributed by atoms with E-state index >= 15 is 0 Å². The molecule has 0 aliphatic carbocycles. The first-order chi connectivity index (χ1) is 11.9. The van der Waals surface area contributed by atoms with Crippen LogP contribution in [0.3, 0.4) is 0 Å². The van der Waals surface area contributed by atoms with Gasteiger partial charge in [-0.2, -0.15) is 0 Å². The number of amides is 1. The van der Waals surface area contributed by atoms with Crippen LogP contribution in [-0.4, -0.2) is 35.1 Å².